The van der Waals surface area contributed by atoms with Crippen molar-refractivity contribution in [3.05, 3.63) is 23.8 Å². The van der Waals surface area contributed by atoms with Gasteiger partial charge in [-0.1, -0.05) is 19.9 Å². The molecule has 1 unspecified atom stereocenters. The van der Waals surface area contributed by atoms with Crippen LogP contribution in [0.25, 0.3) is 0 Å². The molecule has 1 aliphatic heterocycles. The summed E-state index contributed by atoms with van der Waals surface area (Å²) in [5, 5.41) is 16.2. The Morgan fingerprint density at radius 1 is 1.21 bits per heavy atom. The van der Waals surface area contributed by atoms with Crippen molar-refractivity contribution in [2.75, 3.05) is 33.0 Å². The smallest absolute Gasteiger partial charge is 0.231 e. The minimum absolute atomic E-state index is 0.117. The van der Waals surface area contributed by atoms with Crippen LogP contribution >= 0.6 is 0 Å². The monoisotopic (exact) mass is 389 g/mol. The van der Waals surface area contributed by atoms with Crippen LogP contribution in [0.15, 0.2) is 23.2 Å². The van der Waals surface area contributed by atoms with Gasteiger partial charge >= 0.3 is 0 Å². The molecule has 0 spiro atoms. The van der Waals surface area contributed by atoms with E-state index in [1.165, 1.54) is 5.56 Å². The van der Waals surface area contributed by atoms with Crippen molar-refractivity contribution < 1.29 is 14.6 Å². The molecule has 0 aromatic heterocycles. The maximum atomic E-state index is 9.34. The number of guanidine groups is 1. The molecule has 1 aromatic carbocycles. The molecule has 3 N–H and O–H groups in total. The molecule has 1 heterocycles. The van der Waals surface area contributed by atoms with Gasteiger partial charge in [0.15, 0.2) is 17.5 Å². The predicted molar refractivity (Wildman–Crippen MR) is 112 cm³/mol. The fourth-order valence-electron chi connectivity index (χ4n) is 3.88. The summed E-state index contributed by atoms with van der Waals surface area (Å²) >= 11 is 0. The Balaban J connectivity index is 1.62. The first-order chi connectivity index (χ1) is 13.6. The number of nitrogens with zero attached hydrogens (tertiary/aromatic N) is 1. The molecule has 1 aromatic rings. The molecule has 0 bridgehead atoms. The van der Waals surface area contributed by atoms with E-state index < -0.39 is 0 Å². The normalized spacial score (nSPS) is 18.2. The predicted octanol–water partition coefficient (Wildman–Crippen LogP) is 3.05. The van der Waals surface area contributed by atoms with Gasteiger partial charge in [-0.2, -0.15) is 0 Å². The fourth-order valence-corrected chi connectivity index (χ4v) is 3.88. The molecule has 1 fully saturated rings. The topological polar surface area (TPSA) is 75.1 Å². The average Bonchev–Trinajstić information content (AvgIpc) is 3.31. The molecule has 6 heteroatoms. The zero-order valence-electron chi connectivity index (χ0n) is 17.5. The van der Waals surface area contributed by atoms with Gasteiger partial charge in [0.05, 0.1) is 6.54 Å². The molecule has 156 valence electrons. The zero-order valence-corrected chi connectivity index (χ0v) is 17.5. The lowest BCUT2D eigenvalue weighted by molar-refractivity contribution is 0.174. The van der Waals surface area contributed by atoms with Crippen molar-refractivity contribution in [1.29, 1.82) is 0 Å². The number of fused-ring (bicyclic) bond motifs is 1. The number of aliphatic imine (C=N–C) groups is 1. The maximum absolute atomic E-state index is 9.34. The van der Waals surface area contributed by atoms with Crippen LogP contribution in [0, 0.1) is 11.8 Å². The Morgan fingerprint density at radius 2 is 2.00 bits per heavy atom. The Hall–Kier alpha value is -1.95. The van der Waals surface area contributed by atoms with Crippen molar-refractivity contribution >= 4 is 5.96 Å². The summed E-state index contributed by atoms with van der Waals surface area (Å²) in [6.07, 6.45) is 4.23. The lowest BCUT2D eigenvalue weighted by atomic mass is 9.94. The molecule has 1 atom stereocenters. The number of ether oxygens (including phenoxy) is 2. The van der Waals surface area contributed by atoms with Gasteiger partial charge in [-0.25, -0.2) is 0 Å². The largest absolute Gasteiger partial charge is 0.454 e. The van der Waals surface area contributed by atoms with Crippen molar-refractivity contribution in [2.45, 2.75) is 51.9 Å². The van der Waals surface area contributed by atoms with Gasteiger partial charge in [-0.05, 0) is 62.1 Å². The first-order valence-electron chi connectivity index (χ1n) is 10.6. The second-order valence-electron chi connectivity index (χ2n) is 8.43. The lowest BCUT2D eigenvalue weighted by Crippen LogP contribution is -2.40. The first kappa shape index (κ1) is 20.8. The number of benzene rings is 1. The highest BCUT2D eigenvalue weighted by molar-refractivity contribution is 5.79. The van der Waals surface area contributed by atoms with E-state index in [2.05, 4.69) is 43.5 Å². The third-order valence-electron chi connectivity index (χ3n) is 5.62. The number of aliphatic hydroxyl groups excluding tert-OH is 1. The number of hydrogen-bond donors (Lipinski definition) is 3. The van der Waals surface area contributed by atoms with Gasteiger partial charge in [0.2, 0.25) is 6.79 Å². The van der Waals surface area contributed by atoms with Gasteiger partial charge in [0.25, 0.3) is 0 Å². The molecule has 0 radical (unpaired) electrons. The number of hydrogen-bond acceptors (Lipinski definition) is 4. The van der Waals surface area contributed by atoms with Crippen molar-refractivity contribution in [3.8, 4) is 11.5 Å². The van der Waals surface area contributed by atoms with E-state index in [1.807, 2.05) is 6.07 Å². The lowest BCUT2D eigenvalue weighted by Gasteiger charge is -2.21. The first-order valence-corrected chi connectivity index (χ1v) is 10.6. The van der Waals surface area contributed by atoms with Crippen LogP contribution in [0.5, 0.6) is 11.5 Å². The molecule has 3 rings (SSSR count). The third-order valence-corrected chi connectivity index (χ3v) is 5.62. The number of nitrogens with one attached hydrogen (secondary N) is 2. The third kappa shape index (κ3) is 5.31. The summed E-state index contributed by atoms with van der Waals surface area (Å²) in [5.41, 5.74) is 1.40. The van der Waals surface area contributed by atoms with Crippen molar-refractivity contribution in [2.24, 2.45) is 16.8 Å². The standard InChI is InChI=1S/C22H35N3O3/c1-4-23-21(24-13-17(7-10-26)11-16(2)3)25-14-22(8-9-22)18-5-6-19-20(12-18)28-15-27-19/h5-6,12,16-17,26H,4,7-11,13-15H2,1-3H3,(H2,23,24,25). The van der Waals surface area contributed by atoms with E-state index in [0.29, 0.717) is 18.6 Å². The summed E-state index contributed by atoms with van der Waals surface area (Å²) < 4.78 is 11.0. The van der Waals surface area contributed by atoms with Crippen LogP contribution in [-0.2, 0) is 5.41 Å². The molecule has 1 saturated carbocycles. The fraction of sp³-hybridized carbons (Fsp3) is 0.682. The van der Waals surface area contributed by atoms with E-state index in [9.17, 15) is 5.11 Å². The Morgan fingerprint density at radius 3 is 2.68 bits per heavy atom. The highest BCUT2D eigenvalue weighted by atomic mass is 16.7. The molecule has 0 amide bonds. The van der Waals surface area contributed by atoms with E-state index in [4.69, 9.17) is 14.5 Å². The Labute approximate surface area is 168 Å². The summed E-state index contributed by atoms with van der Waals surface area (Å²) in [5.74, 6) is 3.62. The Bertz CT molecular complexity index is 671. The van der Waals surface area contributed by atoms with E-state index in [0.717, 1.165) is 62.8 Å². The molecular formula is C22H35N3O3. The van der Waals surface area contributed by atoms with Crippen LogP contribution in [0.4, 0.5) is 0 Å². The summed E-state index contributed by atoms with van der Waals surface area (Å²) in [4.78, 5) is 4.89. The van der Waals surface area contributed by atoms with Crippen LogP contribution in [0.1, 0.15) is 52.0 Å². The van der Waals surface area contributed by atoms with Crippen molar-refractivity contribution in [1.82, 2.24) is 10.6 Å². The molecular weight excluding hydrogens is 354 g/mol. The Kier molecular flexibility index (Phi) is 7.05. The molecule has 0 saturated heterocycles. The summed E-state index contributed by atoms with van der Waals surface area (Å²) in [6, 6.07) is 6.28. The minimum atomic E-state index is 0.117. The SMILES string of the molecule is CCNC(=NCC1(c2ccc3c(c2)OCO3)CC1)NCC(CCO)CC(C)C. The van der Waals surface area contributed by atoms with Crippen LogP contribution in [0.2, 0.25) is 0 Å². The van der Waals surface area contributed by atoms with E-state index in [1.54, 1.807) is 0 Å². The average molecular weight is 390 g/mol. The second-order valence-corrected chi connectivity index (χ2v) is 8.43. The highest BCUT2D eigenvalue weighted by Crippen LogP contribution is 2.50. The van der Waals surface area contributed by atoms with Gasteiger partial charge in [-0.15, -0.1) is 0 Å². The van der Waals surface area contributed by atoms with Gasteiger partial charge < -0.3 is 25.2 Å². The second kappa shape index (κ2) is 9.50. The van der Waals surface area contributed by atoms with Crippen LogP contribution in [0.3, 0.4) is 0 Å². The molecule has 6 nitrogen and oxygen atoms in total. The van der Waals surface area contributed by atoms with Crippen LogP contribution in [-0.4, -0.2) is 44.1 Å². The summed E-state index contributed by atoms with van der Waals surface area (Å²) in [7, 11) is 0. The number of rotatable bonds is 10. The maximum Gasteiger partial charge on any atom is 0.231 e. The number of aliphatic hydroxyl groups is 1. The minimum Gasteiger partial charge on any atom is -0.454 e. The van der Waals surface area contributed by atoms with Crippen LogP contribution < -0.4 is 20.1 Å². The van der Waals surface area contributed by atoms with Gasteiger partial charge in [-0.3, -0.25) is 4.99 Å². The molecule has 2 aliphatic rings. The molecule has 28 heavy (non-hydrogen) atoms. The van der Waals surface area contributed by atoms with E-state index in [-0.39, 0.29) is 12.0 Å². The van der Waals surface area contributed by atoms with E-state index >= 15 is 0 Å². The van der Waals surface area contributed by atoms with Crippen molar-refractivity contribution in [3.63, 3.8) is 0 Å². The molecule has 1 aliphatic carbocycles. The highest BCUT2D eigenvalue weighted by Gasteiger charge is 2.44. The summed E-state index contributed by atoms with van der Waals surface area (Å²) in [6.45, 7) is 9.51. The van der Waals surface area contributed by atoms with Gasteiger partial charge in [0.1, 0.15) is 0 Å². The quantitative estimate of drug-likeness (QED) is 0.424. The van der Waals surface area contributed by atoms with Gasteiger partial charge in [0, 0.05) is 25.1 Å². The zero-order chi connectivity index (χ0) is 20.0.